The molecule has 180 valence electrons. The highest BCUT2D eigenvalue weighted by Gasteiger charge is 2.18. The topological polar surface area (TPSA) is 97.4 Å². The van der Waals surface area contributed by atoms with Gasteiger partial charge in [0.1, 0.15) is 18.2 Å². The summed E-state index contributed by atoms with van der Waals surface area (Å²) in [5.74, 6) is -0.451. The fraction of sp³-hybridized carbons (Fsp3) is 0.231. The van der Waals surface area contributed by atoms with E-state index >= 15 is 0 Å². The van der Waals surface area contributed by atoms with Crippen LogP contribution in [-0.4, -0.2) is 45.6 Å². The number of pyridine rings is 1. The number of halogens is 1. The first kappa shape index (κ1) is 23.9. The lowest BCUT2D eigenvalue weighted by Crippen LogP contribution is -2.26. The number of H-pyrrole nitrogens is 1. The molecule has 35 heavy (non-hydrogen) atoms. The van der Waals surface area contributed by atoms with Crippen LogP contribution in [0.4, 0.5) is 4.39 Å². The quantitative estimate of drug-likeness (QED) is 0.376. The molecule has 2 heterocycles. The van der Waals surface area contributed by atoms with Gasteiger partial charge in [-0.2, -0.15) is 5.10 Å². The number of carbonyl (C=O) groups excluding carboxylic acids is 2. The number of carbonyl (C=O) groups is 2. The first-order valence-electron chi connectivity index (χ1n) is 11.1. The Morgan fingerprint density at radius 3 is 2.71 bits per heavy atom. The minimum Gasteiger partial charge on any atom is -0.493 e. The van der Waals surface area contributed by atoms with Crippen molar-refractivity contribution in [2.24, 2.45) is 0 Å². The number of aromatic nitrogens is 3. The van der Waals surface area contributed by atoms with Crippen LogP contribution < -0.4 is 4.74 Å². The minimum atomic E-state index is -0.396. The number of fused-ring (bicyclic) bond motifs is 1. The van der Waals surface area contributed by atoms with Gasteiger partial charge in [-0.15, -0.1) is 0 Å². The van der Waals surface area contributed by atoms with E-state index in [-0.39, 0.29) is 24.9 Å². The second-order valence-electron chi connectivity index (χ2n) is 7.98. The summed E-state index contributed by atoms with van der Waals surface area (Å²) in [5.41, 5.74) is 3.88. The van der Waals surface area contributed by atoms with Crippen molar-refractivity contribution in [3.63, 3.8) is 0 Å². The zero-order valence-electron chi connectivity index (χ0n) is 19.7. The van der Waals surface area contributed by atoms with Crippen LogP contribution in [0.3, 0.4) is 0 Å². The van der Waals surface area contributed by atoms with Gasteiger partial charge in [0.25, 0.3) is 5.91 Å². The fourth-order valence-electron chi connectivity index (χ4n) is 3.82. The number of ether oxygens (including phenoxy) is 2. The number of nitrogens with one attached hydrogen (secondary N) is 1. The average Bonchev–Trinajstić information content (AvgIpc) is 3.34. The van der Waals surface area contributed by atoms with E-state index in [2.05, 4.69) is 15.2 Å². The van der Waals surface area contributed by atoms with Crippen molar-refractivity contribution >= 4 is 22.8 Å². The number of rotatable bonds is 8. The maximum absolute atomic E-state index is 13.7. The van der Waals surface area contributed by atoms with Crippen molar-refractivity contribution in [1.82, 2.24) is 20.1 Å². The zero-order valence-corrected chi connectivity index (χ0v) is 19.7. The molecule has 1 amide bonds. The normalized spacial score (nSPS) is 10.9. The Labute approximate surface area is 201 Å². The highest BCUT2D eigenvalue weighted by Crippen LogP contribution is 2.32. The van der Waals surface area contributed by atoms with E-state index in [1.54, 1.807) is 54.7 Å². The summed E-state index contributed by atoms with van der Waals surface area (Å²) >= 11 is 0. The highest BCUT2D eigenvalue weighted by molar-refractivity contribution is 5.96. The Bertz CT molecular complexity index is 1390. The Balaban J connectivity index is 1.57. The minimum absolute atomic E-state index is 0.0400. The zero-order chi connectivity index (χ0) is 24.9. The molecule has 4 aromatic rings. The number of hydrogen-bond acceptors (Lipinski definition) is 6. The SMILES string of the molecule is CCOc1cc(C(=O)N(C)Cc2cnc(COC(C)=O)c3cn[nH]c23)ccc1-c1cccc(F)c1. The summed E-state index contributed by atoms with van der Waals surface area (Å²) in [4.78, 5) is 30.4. The van der Waals surface area contributed by atoms with E-state index in [1.165, 1.54) is 19.1 Å². The lowest BCUT2D eigenvalue weighted by atomic mass is 10.0. The van der Waals surface area contributed by atoms with Gasteiger partial charge in [-0.25, -0.2) is 4.39 Å². The van der Waals surface area contributed by atoms with E-state index in [9.17, 15) is 14.0 Å². The maximum Gasteiger partial charge on any atom is 0.303 e. The van der Waals surface area contributed by atoms with E-state index in [0.717, 1.165) is 16.5 Å². The molecular formula is C26H25FN4O4. The van der Waals surface area contributed by atoms with Crippen molar-refractivity contribution in [3.05, 3.63) is 77.5 Å². The number of hydrogen-bond donors (Lipinski definition) is 1. The summed E-state index contributed by atoms with van der Waals surface area (Å²) < 4.78 is 24.6. The van der Waals surface area contributed by atoms with Crippen LogP contribution in [0.15, 0.2) is 54.9 Å². The first-order chi connectivity index (χ1) is 16.9. The van der Waals surface area contributed by atoms with Crippen molar-refractivity contribution < 1.29 is 23.5 Å². The number of nitrogens with zero attached hydrogens (tertiary/aromatic N) is 3. The van der Waals surface area contributed by atoms with Crippen LogP contribution in [0, 0.1) is 5.82 Å². The Morgan fingerprint density at radius 1 is 1.14 bits per heavy atom. The summed E-state index contributed by atoms with van der Waals surface area (Å²) in [7, 11) is 1.69. The van der Waals surface area contributed by atoms with Crippen molar-refractivity contribution in [1.29, 1.82) is 0 Å². The van der Waals surface area contributed by atoms with Crippen LogP contribution in [0.5, 0.6) is 5.75 Å². The molecular weight excluding hydrogens is 451 g/mol. The molecule has 0 saturated carbocycles. The summed E-state index contributed by atoms with van der Waals surface area (Å²) in [6.07, 6.45) is 3.26. The third-order valence-electron chi connectivity index (χ3n) is 5.48. The van der Waals surface area contributed by atoms with Gasteiger partial charge in [0.15, 0.2) is 0 Å². The van der Waals surface area contributed by atoms with Crippen molar-refractivity contribution in [2.45, 2.75) is 27.0 Å². The molecule has 0 fully saturated rings. The van der Waals surface area contributed by atoms with Gasteiger partial charge in [-0.1, -0.05) is 12.1 Å². The molecule has 0 saturated heterocycles. The predicted molar refractivity (Wildman–Crippen MR) is 128 cm³/mol. The number of benzene rings is 2. The number of aromatic amines is 1. The van der Waals surface area contributed by atoms with Crippen LogP contribution in [0.2, 0.25) is 0 Å². The molecule has 4 rings (SSSR count). The average molecular weight is 477 g/mol. The Kier molecular flexibility index (Phi) is 7.05. The largest absolute Gasteiger partial charge is 0.493 e. The predicted octanol–water partition coefficient (Wildman–Crippen LogP) is 4.50. The fourth-order valence-corrected chi connectivity index (χ4v) is 3.82. The lowest BCUT2D eigenvalue weighted by molar-refractivity contribution is -0.142. The third-order valence-corrected chi connectivity index (χ3v) is 5.48. The highest BCUT2D eigenvalue weighted by atomic mass is 19.1. The monoisotopic (exact) mass is 476 g/mol. The molecule has 8 nitrogen and oxygen atoms in total. The first-order valence-corrected chi connectivity index (χ1v) is 11.1. The second kappa shape index (κ2) is 10.3. The van der Waals surface area contributed by atoms with Crippen LogP contribution in [-0.2, 0) is 22.7 Å². The molecule has 2 aromatic heterocycles. The van der Waals surface area contributed by atoms with Crippen molar-refractivity contribution in [2.75, 3.05) is 13.7 Å². The van der Waals surface area contributed by atoms with E-state index in [4.69, 9.17) is 9.47 Å². The molecule has 0 aliphatic heterocycles. The summed E-state index contributed by atoms with van der Waals surface area (Å²) in [5, 5.41) is 7.75. The molecule has 0 aliphatic rings. The molecule has 0 unspecified atom stereocenters. The van der Waals surface area contributed by atoms with Gasteiger partial charge in [-0.3, -0.25) is 19.7 Å². The van der Waals surface area contributed by atoms with E-state index in [1.807, 2.05) is 6.92 Å². The van der Waals surface area contributed by atoms with Crippen LogP contribution in [0.1, 0.15) is 35.5 Å². The Morgan fingerprint density at radius 2 is 1.97 bits per heavy atom. The van der Waals surface area contributed by atoms with Gasteiger partial charge in [0, 0.05) is 48.8 Å². The summed E-state index contributed by atoms with van der Waals surface area (Å²) in [6.45, 7) is 3.90. The second-order valence-corrected chi connectivity index (χ2v) is 7.98. The van der Waals surface area contributed by atoms with Gasteiger partial charge < -0.3 is 14.4 Å². The molecule has 0 radical (unpaired) electrons. The number of amides is 1. The van der Waals surface area contributed by atoms with Gasteiger partial charge >= 0.3 is 5.97 Å². The van der Waals surface area contributed by atoms with E-state index in [0.29, 0.717) is 34.7 Å². The molecule has 0 bridgehead atoms. The molecule has 1 N–H and O–H groups in total. The van der Waals surface area contributed by atoms with Gasteiger partial charge in [-0.05, 0) is 42.8 Å². The third kappa shape index (κ3) is 5.29. The molecule has 0 spiro atoms. The molecule has 2 aromatic carbocycles. The van der Waals surface area contributed by atoms with Crippen LogP contribution in [0.25, 0.3) is 22.0 Å². The summed E-state index contributed by atoms with van der Waals surface area (Å²) in [6, 6.07) is 11.4. The maximum atomic E-state index is 13.7. The van der Waals surface area contributed by atoms with Crippen LogP contribution >= 0.6 is 0 Å². The molecule has 0 aliphatic carbocycles. The van der Waals surface area contributed by atoms with Gasteiger partial charge in [0.05, 0.1) is 24.0 Å². The molecule has 9 heteroatoms. The van der Waals surface area contributed by atoms with E-state index < -0.39 is 5.97 Å². The standard InChI is InChI=1S/C26H25FN4O4/c1-4-34-24-11-18(8-9-21(24)17-6-5-7-20(27)10-17)26(33)31(3)14-19-12-28-23(15-35-16(2)32)22-13-29-30-25(19)22/h5-13H,4,14-15H2,1-3H3,(H,29,30). The van der Waals surface area contributed by atoms with Crippen molar-refractivity contribution in [3.8, 4) is 16.9 Å². The Hall–Kier alpha value is -4.27. The number of esters is 1. The lowest BCUT2D eigenvalue weighted by Gasteiger charge is -2.19. The smallest absolute Gasteiger partial charge is 0.303 e. The molecule has 0 atom stereocenters. The van der Waals surface area contributed by atoms with Gasteiger partial charge in [0.2, 0.25) is 0 Å².